The average molecular weight is 309 g/mol. The Labute approximate surface area is 125 Å². The van der Waals surface area contributed by atoms with Crippen molar-refractivity contribution in [3.63, 3.8) is 0 Å². The second-order valence-electron chi connectivity index (χ2n) is 4.82. The molecular formula is C13H19N5O2S. The molecule has 8 heteroatoms. The summed E-state index contributed by atoms with van der Waals surface area (Å²) in [7, 11) is 0.760. The van der Waals surface area contributed by atoms with Gasteiger partial charge < -0.3 is 10.5 Å². The number of hydrogen-bond acceptors (Lipinski definition) is 6. The highest BCUT2D eigenvalue weighted by Gasteiger charge is 2.17. The van der Waals surface area contributed by atoms with Crippen molar-refractivity contribution in [1.82, 2.24) is 20.2 Å². The van der Waals surface area contributed by atoms with Crippen molar-refractivity contribution in [3.05, 3.63) is 18.2 Å². The minimum atomic E-state index is -0.835. The summed E-state index contributed by atoms with van der Waals surface area (Å²) in [6.45, 7) is 1.99. The van der Waals surface area contributed by atoms with Crippen LogP contribution in [0.1, 0.15) is 19.4 Å². The van der Waals surface area contributed by atoms with E-state index >= 15 is 0 Å². The highest BCUT2D eigenvalue weighted by atomic mass is 32.2. The third-order valence-electron chi connectivity index (χ3n) is 3.23. The molecule has 7 nitrogen and oxygen atoms in total. The first-order valence-electron chi connectivity index (χ1n) is 6.54. The van der Waals surface area contributed by atoms with Gasteiger partial charge in [0.15, 0.2) is 5.82 Å². The smallest absolute Gasteiger partial charge is 0.184 e. The summed E-state index contributed by atoms with van der Waals surface area (Å²) >= 11 is 0. The quantitative estimate of drug-likeness (QED) is 0.807. The van der Waals surface area contributed by atoms with E-state index in [2.05, 4.69) is 15.5 Å². The number of nitrogens with two attached hydrogens (primary N) is 1. The lowest BCUT2D eigenvalue weighted by Gasteiger charge is -2.14. The van der Waals surface area contributed by atoms with Gasteiger partial charge in [0.25, 0.3) is 0 Å². The highest BCUT2D eigenvalue weighted by Crippen LogP contribution is 2.29. The Kier molecular flexibility index (Phi) is 4.89. The molecule has 0 saturated heterocycles. The normalized spacial score (nSPS) is 13.9. The Morgan fingerprint density at radius 2 is 2.24 bits per heavy atom. The van der Waals surface area contributed by atoms with E-state index in [4.69, 9.17) is 10.5 Å². The number of benzene rings is 1. The van der Waals surface area contributed by atoms with Gasteiger partial charge in [0.05, 0.1) is 13.2 Å². The Balaban J connectivity index is 2.33. The maximum atomic E-state index is 11.2. The highest BCUT2D eigenvalue weighted by molar-refractivity contribution is 7.84. The fourth-order valence-electron chi connectivity index (χ4n) is 1.98. The van der Waals surface area contributed by atoms with Crippen LogP contribution in [0.3, 0.4) is 0 Å². The van der Waals surface area contributed by atoms with Crippen molar-refractivity contribution in [2.24, 2.45) is 0 Å². The molecule has 2 N–H and O–H groups in total. The summed E-state index contributed by atoms with van der Waals surface area (Å²) in [5.74, 6) is 1.88. The number of rotatable bonds is 6. The predicted molar refractivity (Wildman–Crippen MR) is 82.5 cm³/mol. The molecule has 0 spiro atoms. The minimum Gasteiger partial charge on any atom is -0.497 e. The van der Waals surface area contributed by atoms with Crippen LogP contribution in [0.5, 0.6) is 5.75 Å². The fourth-order valence-corrected chi connectivity index (χ4v) is 2.66. The van der Waals surface area contributed by atoms with Gasteiger partial charge in [-0.1, -0.05) is 0 Å². The zero-order valence-electron chi connectivity index (χ0n) is 12.3. The first-order valence-corrected chi connectivity index (χ1v) is 8.27. The lowest BCUT2D eigenvalue weighted by atomic mass is 10.1. The summed E-state index contributed by atoms with van der Waals surface area (Å²) in [5.41, 5.74) is 7.32. The summed E-state index contributed by atoms with van der Waals surface area (Å²) in [4.78, 5) is 0. The summed E-state index contributed by atoms with van der Waals surface area (Å²) < 4.78 is 18.1. The number of aromatic nitrogens is 4. The molecule has 0 saturated carbocycles. The number of hydrogen-bond donors (Lipinski definition) is 1. The molecule has 0 amide bonds. The second kappa shape index (κ2) is 6.66. The zero-order chi connectivity index (χ0) is 15.4. The molecule has 1 aromatic carbocycles. The van der Waals surface area contributed by atoms with Gasteiger partial charge in [-0.15, -0.1) is 5.10 Å². The van der Waals surface area contributed by atoms with Gasteiger partial charge >= 0.3 is 0 Å². The van der Waals surface area contributed by atoms with E-state index in [0.717, 1.165) is 12.0 Å². The number of ether oxygens (including phenoxy) is 1. The first kappa shape index (κ1) is 15.4. The lowest BCUT2D eigenvalue weighted by Crippen LogP contribution is -2.12. The Hall–Kier alpha value is -1.96. The van der Waals surface area contributed by atoms with Crippen LogP contribution in [-0.2, 0) is 10.8 Å². The molecule has 0 aliphatic carbocycles. The number of nitrogens with zero attached hydrogens (tertiary/aromatic N) is 4. The molecule has 0 aliphatic heterocycles. The van der Waals surface area contributed by atoms with E-state index < -0.39 is 10.8 Å². The predicted octanol–water partition coefficient (Wildman–Crippen LogP) is 1.26. The van der Waals surface area contributed by atoms with Gasteiger partial charge in [-0.2, -0.15) is 0 Å². The van der Waals surface area contributed by atoms with Crippen LogP contribution in [0.25, 0.3) is 11.4 Å². The van der Waals surface area contributed by atoms with Crippen LogP contribution in [0, 0.1) is 0 Å². The van der Waals surface area contributed by atoms with Gasteiger partial charge in [-0.25, -0.2) is 4.68 Å². The van der Waals surface area contributed by atoms with E-state index in [1.165, 1.54) is 0 Å². The summed E-state index contributed by atoms with van der Waals surface area (Å²) in [5, 5.41) is 11.8. The van der Waals surface area contributed by atoms with Gasteiger partial charge in [0, 0.05) is 34.1 Å². The molecule has 0 radical (unpaired) electrons. The lowest BCUT2D eigenvalue weighted by molar-refractivity contribution is 0.415. The van der Waals surface area contributed by atoms with Crippen molar-refractivity contribution < 1.29 is 8.95 Å². The number of anilines is 1. The SMILES string of the molecule is COc1ccc(N)c(-c2nnnn2C(C)CCS(C)=O)c1. The van der Waals surface area contributed by atoms with Crippen LogP contribution in [-0.4, -0.2) is 43.5 Å². The molecule has 0 fully saturated rings. The van der Waals surface area contributed by atoms with Crippen molar-refractivity contribution in [1.29, 1.82) is 0 Å². The second-order valence-corrected chi connectivity index (χ2v) is 6.37. The molecular weight excluding hydrogens is 290 g/mol. The summed E-state index contributed by atoms with van der Waals surface area (Å²) in [6.07, 6.45) is 2.41. The van der Waals surface area contributed by atoms with E-state index in [0.29, 0.717) is 23.0 Å². The molecule has 114 valence electrons. The molecule has 2 atom stereocenters. The first-order chi connectivity index (χ1) is 10.0. The van der Waals surface area contributed by atoms with Crippen molar-refractivity contribution in [2.45, 2.75) is 19.4 Å². The standard InChI is InChI=1S/C13H19N5O2S/c1-9(6-7-21(3)19)18-13(15-16-17-18)11-8-10(20-2)4-5-12(11)14/h4-5,8-9H,6-7,14H2,1-3H3. The van der Waals surface area contributed by atoms with Crippen molar-refractivity contribution >= 4 is 16.5 Å². The van der Waals surface area contributed by atoms with Crippen LogP contribution in [0.15, 0.2) is 18.2 Å². The Morgan fingerprint density at radius 1 is 1.48 bits per heavy atom. The molecule has 0 bridgehead atoms. The van der Waals surface area contributed by atoms with Gasteiger partial charge in [-0.3, -0.25) is 4.21 Å². The maximum absolute atomic E-state index is 11.2. The maximum Gasteiger partial charge on any atom is 0.184 e. The summed E-state index contributed by atoms with van der Waals surface area (Å²) in [6, 6.07) is 5.39. The molecule has 0 aliphatic rings. The molecule has 1 heterocycles. The number of methoxy groups -OCH3 is 1. The van der Waals surface area contributed by atoms with Gasteiger partial charge in [-0.05, 0) is 42.0 Å². The zero-order valence-corrected chi connectivity index (χ0v) is 13.1. The average Bonchev–Trinajstić information content (AvgIpc) is 2.94. The number of tetrazole rings is 1. The fraction of sp³-hybridized carbons (Fsp3) is 0.462. The third-order valence-corrected chi connectivity index (χ3v) is 4.05. The van der Waals surface area contributed by atoms with Crippen LogP contribution in [0.2, 0.25) is 0 Å². The molecule has 1 aromatic heterocycles. The largest absolute Gasteiger partial charge is 0.497 e. The minimum absolute atomic E-state index is 0.0319. The van der Waals surface area contributed by atoms with E-state index in [1.54, 1.807) is 30.2 Å². The molecule has 2 rings (SSSR count). The topological polar surface area (TPSA) is 95.9 Å². The molecule has 2 unspecified atom stereocenters. The monoisotopic (exact) mass is 309 g/mol. The van der Waals surface area contributed by atoms with E-state index in [1.807, 2.05) is 13.0 Å². The molecule has 2 aromatic rings. The van der Waals surface area contributed by atoms with Crippen LogP contribution < -0.4 is 10.5 Å². The van der Waals surface area contributed by atoms with Gasteiger partial charge in [0.2, 0.25) is 0 Å². The van der Waals surface area contributed by atoms with E-state index in [9.17, 15) is 4.21 Å². The Bertz CT molecular complexity index is 643. The van der Waals surface area contributed by atoms with Crippen LogP contribution >= 0.6 is 0 Å². The third kappa shape index (κ3) is 3.57. The van der Waals surface area contributed by atoms with Crippen molar-refractivity contribution in [3.8, 4) is 17.1 Å². The van der Waals surface area contributed by atoms with Crippen molar-refractivity contribution in [2.75, 3.05) is 24.9 Å². The number of nitrogen functional groups attached to an aromatic ring is 1. The van der Waals surface area contributed by atoms with Crippen LogP contribution in [0.4, 0.5) is 5.69 Å². The van der Waals surface area contributed by atoms with E-state index in [-0.39, 0.29) is 6.04 Å². The Morgan fingerprint density at radius 3 is 2.90 bits per heavy atom. The molecule has 21 heavy (non-hydrogen) atoms. The van der Waals surface area contributed by atoms with Gasteiger partial charge in [0.1, 0.15) is 5.75 Å².